The molecule has 4 amide bonds. The highest BCUT2D eigenvalue weighted by atomic mass is 16.2. The number of unbranched alkanes of at least 4 members (excludes halogenated alkanes) is 1. The van der Waals surface area contributed by atoms with Crippen molar-refractivity contribution in [2.45, 2.75) is 12.8 Å². The third kappa shape index (κ3) is 7.20. The van der Waals surface area contributed by atoms with E-state index < -0.39 is 0 Å². The minimum atomic E-state index is -0.177. The standard InChI is InChI=1S/C8H18N4O2/c1-9-7(13)11-5-3-4-6-12-8(14)10-2/h3-6H2,1-2H3,(H2,9,11,13)(H2,10,12,14). The molecular weight excluding hydrogens is 184 g/mol. The molecule has 14 heavy (non-hydrogen) atoms. The number of carbonyl (C=O) groups is 2. The molecule has 0 spiro atoms. The van der Waals surface area contributed by atoms with Gasteiger partial charge in [-0.3, -0.25) is 0 Å². The lowest BCUT2D eigenvalue weighted by Crippen LogP contribution is -2.35. The normalized spacial score (nSPS) is 9.00. The van der Waals surface area contributed by atoms with Gasteiger partial charge in [0.1, 0.15) is 0 Å². The van der Waals surface area contributed by atoms with Crippen molar-refractivity contribution in [2.75, 3.05) is 27.2 Å². The fourth-order valence-corrected chi connectivity index (χ4v) is 0.831. The average Bonchev–Trinajstić information content (AvgIpc) is 2.22. The van der Waals surface area contributed by atoms with E-state index in [2.05, 4.69) is 21.3 Å². The summed E-state index contributed by atoms with van der Waals surface area (Å²) in [5.41, 5.74) is 0. The maximum Gasteiger partial charge on any atom is 0.314 e. The van der Waals surface area contributed by atoms with E-state index in [1.54, 1.807) is 14.1 Å². The minimum Gasteiger partial charge on any atom is -0.341 e. The van der Waals surface area contributed by atoms with Gasteiger partial charge in [0, 0.05) is 27.2 Å². The van der Waals surface area contributed by atoms with Crippen LogP contribution in [-0.2, 0) is 0 Å². The Morgan fingerprint density at radius 1 is 0.857 bits per heavy atom. The quantitative estimate of drug-likeness (QED) is 0.458. The molecule has 4 N–H and O–H groups in total. The van der Waals surface area contributed by atoms with Crippen LogP contribution in [0.3, 0.4) is 0 Å². The van der Waals surface area contributed by atoms with E-state index in [0.717, 1.165) is 12.8 Å². The molecule has 0 bridgehead atoms. The molecule has 0 rings (SSSR count). The van der Waals surface area contributed by atoms with Gasteiger partial charge in [0.05, 0.1) is 0 Å². The first-order chi connectivity index (χ1) is 6.70. The van der Waals surface area contributed by atoms with Gasteiger partial charge in [-0.15, -0.1) is 0 Å². The lowest BCUT2D eigenvalue weighted by atomic mass is 10.3. The molecule has 0 aromatic rings. The Labute approximate surface area is 83.8 Å². The highest BCUT2D eigenvalue weighted by molar-refractivity contribution is 5.73. The van der Waals surface area contributed by atoms with Crippen molar-refractivity contribution in [3.63, 3.8) is 0 Å². The van der Waals surface area contributed by atoms with Crippen LogP contribution in [0.1, 0.15) is 12.8 Å². The SMILES string of the molecule is CNC(=O)NCCCCNC(=O)NC. The molecule has 0 aliphatic rings. The van der Waals surface area contributed by atoms with E-state index >= 15 is 0 Å². The minimum absolute atomic E-state index is 0.177. The largest absolute Gasteiger partial charge is 0.341 e. The number of amides is 4. The highest BCUT2D eigenvalue weighted by Gasteiger charge is 1.96. The van der Waals surface area contributed by atoms with Gasteiger partial charge in [0.15, 0.2) is 0 Å². The van der Waals surface area contributed by atoms with E-state index in [4.69, 9.17) is 0 Å². The monoisotopic (exact) mass is 202 g/mol. The fraction of sp³-hybridized carbons (Fsp3) is 0.750. The molecule has 0 saturated carbocycles. The molecule has 0 aliphatic heterocycles. The van der Waals surface area contributed by atoms with Gasteiger partial charge in [-0.25, -0.2) is 9.59 Å². The van der Waals surface area contributed by atoms with Gasteiger partial charge in [-0.05, 0) is 12.8 Å². The lowest BCUT2D eigenvalue weighted by Gasteiger charge is -2.05. The average molecular weight is 202 g/mol. The van der Waals surface area contributed by atoms with Crippen LogP contribution in [0.4, 0.5) is 9.59 Å². The molecule has 0 aliphatic carbocycles. The van der Waals surface area contributed by atoms with Gasteiger partial charge >= 0.3 is 12.1 Å². The first-order valence-corrected chi connectivity index (χ1v) is 4.62. The molecule has 82 valence electrons. The smallest absolute Gasteiger partial charge is 0.314 e. The third-order valence-corrected chi connectivity index (χ3v) is 1.63. The van der Waals surface area contributed by atoms with Crippen LogP contribution in [0, 0.1) is 0 Å². The molecule has 0 saturated heterocycles. The summed E-state index contributed by atoms with van der Waals surface area (Å²) >= 11 is 0. The van der Waals surface area contributed by atoms with Gasteiger partial charge in [0.2, 0.25) is 0 Å². The second-order valence-electron chi connectivity index (χ2n) is 2.72. The van der Waals surface area contributed by atoms with Crippen molar-refractivity contribution in [3.05, 3.63) is 0 Å². The van der Waals surface area contributed by atoms with Crippen molar-refractivity contribution < 1.29 is 9.59 Å². The molecule has 0 aromatic carbocycles. The Bertz CT molecular complexity index is 164. The number of rotatable bonds is 5. The highest BCUT2D eigenvalue weighted by Crippen LogP contribution is 1.84. The van der Waals surface area contributed by atoms with E-state index in [1.807, 2.05) is 0 Å². The Morgan fingerprint density at radius 3 is 1.50 bits per heavy atom. The van der Waals surface area contributed by atoms with Crippen molar-refractivity contribution >= 4 is 12.1 Å². The first kappa shape index (κ1) is 12.5. The van der Waals surface area contributed by atoms with E-state index in [9.17, 15) is 9.59 Å². The van der Waals surface area contributed by atoms with E-state index in [1.165, 1.54) is 0 Å². The Kier molecular flexibility index (Phi) is 7.30. The zero-order valence-electron chi connectivity index (χ0n) is 8.64. The third-order valence-electron chi connectivity index (χ3n) is 1.63. The topological polar surface area (TPSA) is 82.3 Å². The van der Waals surface area contributed by atoms with Crippen molar-refractivity contribution in [2.24, 2.45) is 0 Å². The number of carbonyl (C=O) groups excluding carboxylic acids is 2. The number of urea groups is 2. The van der Waals surface area contributed by atoms with Crippen LogP contribution in [0.15, 0.2) is 0 Å². The predicted molar refractivity (Wildman–Crippen MR) is 54.2 cm³/mol. The Balaban J connectivity index is 3.14. The first-order valence-electron chi connectivity index (χ1n) is 4.62. The molecule has 0 fully saturated rings. The molecule has 6 nitrogen and oxygen atoms in total. The molecule has 0 atom stereocenters. The fourth-order valence-electron chi connectivity index (χ4n) is 0.831. The lowest BCUT2D eigenvalue weighted by molar-refractivity contribution is 0.240. The van der Waals surface area contributed by atoms with Crippen LogP contribution in [0.2, 0.25) is 0 Å². The number of hydrogen-bond acceptors (Lipinski definition) is 2. The zero-order valence-corrected chi connectivity index (χ0v) is 8.64. The van der Waals surface area contributed by atoms with E-state index in [0.29, 0.717) is 13.1 Å². The van der Waals surface area contributed by atoms with Crippen LogP contribution in [-0.4, -0.2) is 39.2 Å². The molecular formula is C8H18N4O2. The van der Waals surface area contributed by atoms with Crippen molar-refractivity contribution in [3.8, 4) is 0 Å². The zero-order chi connectivity index (χ0) is 10.8. The van der Waals surface area contributed by atoms with Crippen molar-refractivity contribution in [1.29, 1.82) is 0 Å². The van der Waals surface area contributed by atoms with Crippen LogP contribution < -0.4 is 21.3 Å². The van der Waals surface area contributed by atoms with Gasteiger partial charge in [-0.1, -0.05) is 0 Å². The summed E-state index contributed by atoms with van der Waals surface area (Å²) < 4.78 is 0. The van der Waals surface area contributed by atoms with E-state index in [-0.39, 0.29) is 12.1 Å². The molecule has 0 heterocycles. The summed E-state index contributed by atoms with van der Waals surface area (Å²) in [5, 5.41) is 10.2. The molecule has 0 radical (unpaired) electrons. The Hall–Kier alpha value is -1.46. The number of hydrogen-bond donors (Lipinski definition) is 4. The molecule has 0 aromatic heterocycles. The molecule has 6 heteroatoms. The maximum atomic E-state index is 10.7. The summed E-state index contributed by atoms with van der Waals surface area (Å²) in [5.74, 6) is 0. The summed E-state index contributed by atoms with van der Waals surface area (Å²) in [7, 11) is 3.14. The van der Waals surface area contributed by atoms with Gasteiger partial charge in [-0.2, -0.15) is 0 Å². The summed E-state index contributed by atoms with van der Waals surface area (Å²) in [4.78, 5) is 21.4. The summed E-state index contributed by atoms with van der Waals surface area (Å²) in [6.07, 6.45) is 1.69. The van der Waals surface area contributed by atoms with Gasteiger partial charge < -0.3 is 21.3 Å². The van der Waals surface area contributed by atoms with Crippen LogP contribution in [0.5, 0.6) is 0 Å². The van der Waals surface area contributed by atoms with Gasteiger partial charge in [0.25, 0.3) is 0 Å². The Morgan fingerprint density at radius 2 is 1.21 bits per heavy atom. The molecule has 0 unspecified atom stereocenters. The summed E-state index contributed by atoms with van der Waals surface area (Å²) in [6, 6.07) is -0.353. The van der Waals surface area contributed by atoms with Crippen LogP contribution >= 0.6 is 0 Å². The predicted octanol–water partition coefficient (Wildman–Crippen LogP) is -0.375. The second-order valence-corrected chi connectivity index (χ2v) is 2.72. The summed E-state index contributed by atoms with van der Waals surface area (Å²) in [6.45, 7) is 1.24. The maximum absolute atomic E-state index is 10.7. The second kappa shape index (κ2) is 8.15. The van der Waals surface area contributed by atoms with Crippen molar-refractivity contribution in [1.82, 2.24) is 21.3 Å². The number of nitrogens with one attached hydrogen (secondary N) is 4. The van der Waals surface area contributed by atoms with Crippen LogP contribution in [0.25, 0.3) is 0 Å².